The molecular weight excluding hydrogens is 232 g/mol. The topological polar surface area (TPSA) is 94.0 Å². The third-order valence-corrected chi connectivity index (χ3v) is 2.44. The maximum absolute atomic E-state index is 10.8. The summed E-state index contributed by atoms with van der Waals surface area (Å²) < 4.78 is 4.69. The molecule has 0 aliphatic heterocycles. The molecule has 1 heterocycles. The lowest BCUT2D eigenvalue weighted by molar-refractivity contribution is 0.0958. The van der Waals surface area contributed by atoms with Crippen molar-refractivity contribution in [3.05, 3.63) is 23.4 Å². The maximum Gasteiger partial charge on any atom is 0.315 e. The van der Waals surface area contributed by atoms with Crippen LogP contribution in [0.15, 0.2) is 16.2 Å². The van der Waals surface area contributed by atoms with E-state index in [2.05, 4.69) is 46.8 Å². The van der Waals surface area contributed by atoms with Gasteiger partial charge in [0.15, 0.2) is 5.82 Å². The fourth-order valence-corrected chi connectivity index (χ4v) is 1.42. The van der Waals surface area contributed by atoms with E-state index in [0.29, 0.717) is 18.4 Å². The molecule has 1 unspecified atom stereocenters. The molecule has 1 amide bonds. The first-order chi connectivity index (χ1) is 8.49. The molecule has 0 saturated heterocycles. The van der Waals surface area contributed by atoms with Crippen LogP contribution >= 0.6 is 0 Å². The monoisotopic (exact) mass is 252 g/mol. The number of amides is 1. The van der Waals surface area contributed by atoms with Crippen LogP contribution in [0.2, 0.25) is 0 Å². The lowest BCUT2D eigenvalue weighted by Crippen LogP contribution is -2.25. The number of aromatic nitrogens is 2. The van der Waals surface area contributed by atoms with Crippen LogP contribution in [0.5, 0.6) is 0 Å². The lowest BCUT2D eigenvalue weighted by atomic mass is 10.1. The smallest absolute Gasteiger partial charge is 0.315 e. The minimum atomic E-state index is -0.703. The normalized spacial score (nSPS) is 12.2. The van der Waals surface area contributed by atoms with Crippen molar-refractivity contribution in [2.45, 2.75) is 46.2 Å². The molecule has 0 aliphatic rings. The number of nitrogens with zero attached hydrogens (tertiary/aromatic N) is 2. The highest BCUT2D eigenvalue weighted by molar-refractivity contribution is 5.87. The van der Waals surface area contributed by atoms with Gasteiger partial charge in [0.05, 0.1) is 6.54 Å². The number of carbonyl (C=O) groups is 1. The summed E-state index contributed by atoms with van der Waals surface area (Å²) in [4.78, 5) is 14.6. The summed E-state index contributed by atoms with van der Waals surface area (Å²) in [5.41, 5.74) is 6.34. The van der Waals surface area contributed by atoms with Crippen molar-refractivity contribution in [2.75, 3.05) is 0 Å². The van der Waals surface area contributed by atoms with E-state index >= 15 is 0 Å². The number of carbonyl (C=O) groups excluding carboxylic acids is 1. The van der Waals surface area contributed by atoms with E-state index in [0.717, 1.165) is 12.8 Å². The SMILES string of the molecule is CC(C)=CCCC(C)NCc1noc(C(N)=O)n1. The summed E-state index contributed by atoms with van der Waals surface area (Å²) in [7, 11) is 0. The Balaban J connectivity index is 2.31. The Hall–Kier alpha value is -1.69. The van der Waals surface area contributed by atoms with E-state index < -0.39 is 5.91 Å². The van der Waals surface area contributed by atoms with Crippen LogP contribution in [0.1, 0.15) is 50.1 Å². The molecule has 1 aromatic rings. The van der Waals surface area contributed by atoms with Gasteiger partial charge in [0.25, 0.3) is 0 Å². The summed E-state index contributed by atoms with van der Waals surface area (Å²) in [5.74, 6) is -0.410. The molecule has 0 radical (unpaired) electrons. The van der Waals surface area contributed by atoms with Gasteiger partial charge in [0.1, 0.15) is 0 Å². The Morgan fingerprint density at radius 3 is 2.83 bits per heavy atom. The molecule has 6 heteroatoms. The zero-order valence-corrected chi connectivity index (χ0v) is 11.1. The van der Waals surface area contributed by atoms with Gasteiger partial charge < -0.3 is 15.6 Å². The molecule has 1 rings (SSSR count). The van der Waals surface area contributed by atoms with Gasteiger partial charge in [-0.25, -0.2) is 0 Å². The Kier molecular flexibility index (Phi) is 5.51. The molecule has 0 spiro atoms. The zero-order valence-electron chi connectivity index (χ0n) is 11.1. The van der Waals surface area contributed by atoms with Crippen molar-refractivity contribution in [1.82, 2.24) is 15.5 Å². The summed E-state index contributed by atoms with van der Waals surface area (Å²) in [6.07, 6.45) is 4.28. The van der Waals surface area contributed by atoms with Crippen molar-refractivity contribution >= 4 is 5.91 Å². The van der Waals surface area contributed by atoms with E-state index in [-0.39, 0.29) is 5.89 Å². The second-order valence-electron chi connectivity index (χ2n) is 4.52. The number of nitrogens with one attached hydrogen (secondary N) is 1. The number of allylic oxidation sites excluding steroid dienone is 2. The van der Waals surface area contributed by atoms with Gasteiger partial charge in [-0.05, 0) is 33.6 Å². The predicted octanol–water partition coefficient (Wildman–Crippen LogP) is 1.39. The Morgan fingerprint density at radius 2 is 2.28 bits per heavy atom. The second-order valence-corrected chi connectivity index (χ2v) is 4.52. The second kappa shape index (κ2) is 6.90. The van der Waals surface area contributed by atoms with Crippen LogP contribution in [0.3, 0.4) is 0 Å². The number of rotatable bonds is 7. The predicted molar refractivity (Wildman–Crippen MR) is 67.8 cm³/mol. The number of nitrogens with two attached hydrogens (primary N) is 1. The van der Waals surface area contributed by atoms with Crippen LogP contribution in [-0.4, -0.2) is 22.1 Å². The van der Waals surface area contributed by atoms with Gasteiger partial charge in [-0.15, -0.1) is 0 Å². The molecule has 0 aromatic carbocycles. The molecule has 0 fully saturated rings. The first-order valence-corrected chi connectivity index (χ1v) is 5.98. The third kappa shape index (κ3) is 5.09. The Morgan fingerprint density at radius 1 is 1.56 bits per heavy atom. The van der Waals surface area contributed by atoms with Crippen molar-refractivity contribution in [3.63, 3.8) is 0 Å². The van der Waals surface area contributed by atoms with Crippen molar-refractivity contribution in [1.29, 1.82) is 0 Å². The highest BCUT2D eigenvalue weighted by Gasteiger charge is 2.11. The molecule has 18 heavy (non-hydrogen) atoms. The van der Waals surface area contributed by atoms with Crippen molar-refractivity contribution < 1.29 is 9.32 Å². The summed E-state index contributed by atoms with van der Waals surface area (Å²) >= 11 is 0. The first-order valence-electron chi connectivity index (χ1n) is 5.98. The largest absolute Gasteiger partial charge is 0.361 e. The number of hydrogen-bond acceptors (Lipinski definition) is 5. The molecule has 1 atom stereocenters. The van der Waals surface area contributed by atoms with Gasteiger partial charge in [0.2, 0.25) is 0 Å². The zero-order chi connectivity index (χ0) is 13.5. The number of hydrogen-bond donors (Lipinski definition) is 2. The quantitative estimate of drug-likeness (QED) is 0.715. The molecule has 0 saturated carbocycles. The summed E-state index contributed by atoms with van der Waals surface area (Å²) in [6.45, 7) is 6.73. The van der Waals surface area contributed by atoms with E-state index in [9.17, 15) is 4.79 Å². The highest BCUT2D eigenvalue weighted by Crippen LogP contribution is 2.02. The Bertz CT molecular complexity index is 421. The molecule has 3 N–H and O–H groups in total. The summed E-state index contributed by atoms with van der Waals surface area (Å²) in [6, 6.07) is 0.344. The Labute approximate surface area is 107 Å². The van der Waals surface area contributed by atoms with Crippen LogP contribution < -0.4 is 11.1 Å². The minimum Gasteiger partial charge on any atom is -0.361 e. The molecule has 0 bridgehead atoms. The van der Waals surface area contributed by atoms with E-state index in [1.54, 1.807) is 0 Å². The highest BCUT2D eigenvalue weighted by atomic mass is 16.5. The van der Waals surface area contributed by atoms with Crippen LogP contribution in [-0.2, 0) is 6.54 Å². The fourth-order valence-electron chi connectivity index (χ4n) is 1.42. The third-order valence-electron chi connectivity index (χ3n) is 2.44. The average molecular weight is 252 g/mol. The fraction of sp³-hybridized carbons (Fsp3) is 0.583. The van der Waals surface area contributed by atoms with Gasteiger partial charge in [-0.2, -0.15) is 4.98 Å². The van der Waals surface area contributed by atoms with Gasteiger partial charge >= 0.3 is 11.8 Å². The van der Waals surface area contributed by atoms with Gasteiger partial charge in [-0.1, -0.05) is 16.8 Å². The molecule has 1 aromatic heterocycles. The van der Waals surface area contributed by atoms with Crippen LogP contribution in [0, 0.1) is 0 Å². The van der Waals surface area contributed by atoms with E-state index in [1.807, 2.05) is 0 Å². The average Bonchev–Trinajstić information content (AvgIpc) is 2.74. The van der Waals surface area contributed by atoms with Crippen LogP contribution in [0.25, 0.3) is 0 Å². The van der Waals surface area contributed by atoms with Gasteiger partial charge in [0, 0.05) is 6.04 Å². The van der Waals surface area contributed by atoms with E-state index in [4.69, 9.17) is 5.73 Å². The van der Waals surface area contributed by atoms with Crippen LogP contribution in [0.4, 0.5) is 0 Å². The number of primary amides is 1. The summed E-state index contributed by atoms with van der Waals surface area (Å²) in [5, 5.41) is 6.92. The maximum atomic E-state index is 10.8. The molecular formula is C12H20N4O2. The minimum absolute atomic E-state index is 0.149. The van der Waals surface area contributed by atoms with Crippen molar-refractivity contribution in [2.24, 2.45) is 5.73 Å². The van der Waals surface area contributed by atoms with Gasteiger partial charge in [-0.3, -0.25) is 4.79 Å². The molecule has 6 nitrogen and oxygen atoms in total. The standard InChI is InChI=1S/C12H20N4O2/c1-8(2)5-4-6-9(3)14-7-10-15-12(11(13)17)18-16-10/h5,9,14H,4,6-7H2,1-3H3,(H2,13,17). The molecule has 0 aliphatic carbocycles. The molecule has 100 valence electrons. The van der Waals surface area contributed by atoms with Crippen molar-refractivity contribution in [3.8, 4) is 0 Å². The van der Waals surface area contributed by atoms with E-state index in [1.165, 1.54) is 5.57 Å². The lowest BCUT2D eigenvalue weighted by Gasteiger charge is -2.10. The first kappa shape index (κ1) is 14.4.